The summed E-state index contributed by atoms with van der Waals surface area (Å²) in [6.45, 7) is 2.11. The van der Waals surface area contributed by atoms with Gasteiger partial charge in [-0.2, -0.15) is 0 Å². The van der Waals surface area contributed by atoms with Crippen LogP contribution in [0.1, 0.15) is 19.3 Å². The molecule has 1 heterocycles. The van der Waals surface area contributed by atoms with Crippen LogP contribution in [0.15, 0.2) is 54.6 Å². The Morgan fingerprint density at radius 1 is 1.13 bits per heavy atom. The Balaban J connectivity index is 1.53. The molecule has 1 saturated heterocycles. The molecule has 1 amide bonds. The van der Waals surface area contributed by atoms with Crippen LogP contribution < -0.4 is 15.4 Å². The maximum Gasteiger partial charge on any atom is 0.224 e. The van der Waals surface area contributed by atoms with E-state index in [1.165, 1.54) is 6.42 Å². The molecule has 2 aromatic carbocycles. The van der Waals surface area contributed by atoms with Gasteiger partial charge in [0.1, 0.15) is 11.5 Å². The van der Waals surface area contributed by atoms with E-state index in [1.54, 1.807) is 0 Å². The molecule has 0 radical (unpaired) electrons. The summed E-state index contributed by atoms with van der Waals surface area (Å²) < 4.78 is 5.78. The van der Waals surface area contributed by atoms with Crippen molar-refractivity contribution in [3.05, 3.63) is 54.6 Å². The molecule has 1 unspecified atom stereocenters. The highest BCUT2D eigenvalue weighted by Gasteiger charge is 2.15. The van der Waals surface area contributed by atoms with E-state index in [2.05, 4.69) is 10.6 Å². The highest BCUT2D eigenvalue weighted by molar-refractivity contribution is 5.90. The molecule has 1 atom stereocenters. The van der Waals surface area contributed by atoms with Gasteiger partial charge in [0.05, 0.1) is 0 Å². The lowest BCUT2D eigenvalue weighted by atomic mass is 10.0. The quantitative estimate of drug-likeness (QED) is 0.853. The molecule has 0 aromatic heterocycles. The maximum atomic E-state index is 12.1. The molecule has 0 spiro atoms. The van der Waals surface area contributed by atoms with E-state index in [0.717, 1.165) is 30.9 Å². The number of ether oxygens (including phenoxy) is 1. The van der Waals surface area contributed by atoms with Crippen molar-refractivity contribution in [2.24, 2.45) is 5.92 Å². The molecule has 2 N–H and O–H groups in total. The fraction of sp³-hybridized carbons (Fsp3) is 0.316. The summed E-state index contributed by atoms with van der Waals surface area (Å²) in [7, 11) is 0. The molecule has 0 aliphatic carbocycles. The third-order valence-electron chi connectivity index (χ3n) is 4.04. The predicted octanol–water partition coefficient (Wildman–Crippen LogP) is 3.81. The Kier molecular flexibility index (Phi) is 5.27. The van der Waals surface area contributed by atoms with Gasteiger partial charge in [0.2, 0.25) is 5.91 Å². The summed E-state index contributed by atoms with van der Waals surface area (Å²) in [4.78, 5) is 12.1. The first kappa shape index (κ1) is 15.6. The summed E-state index contributed by atoms with van der Waals surface area (Å²) in [5, 5.41) is 6.28. The van der Waals surface area contributed by atoms with Crippen LogP contribution in [0, 0.1) is 5.92 Å². The van der Waals surface area contributed by atoms with Gasteiger partial charge in [0.15, 0.2) is 0 Å². The van der Waals surface area contributed by atoms with Crippen LogP contribution in [0.2, 0.25) is 0 Å². The highest BCUT2D eigenvalue weighted by atomic mass is 16.5. The number of hydrogen-bond donors (Lipinski definition) is 2. The largest absolute Gasteiger partial charge is 0.457 e. The van der Waals surface area contributed by atoms with Gasteiger partial charge in [-0.3, -0.25) is 4.79 Å². The van der Waals surface area contributed by atoms with Gasteiger partial charge in [0, 0.05) is 18.2 Å². The number of anilines is 1. The van der Waals surface area contributed by atoms with Gasteiger partial charge in [-0.15, -0.1) is 0 Å². The topological polar surface area (TPSA) is 50.4 Å². The van der Waals surface area contributed by atoms with E-state index in [-0.39, 0.29) is 5.91 Å². The number of amides is 1. The van der Waals surface area contributed by atoms with Crippen LogP contribution >= 0.6 is 0 Å². The van der Waals surface area contributed by atoms with E-state index in [9.17, 15) is 4.79 Å². The number of hydrogen-bond acceptors (Lipinski definition) is 3. The number of rotatable bonds is 6. The summed E-state index contributed by atoms with van der Waals surface area (Å²) >= 11 is 0. The molecule has 120 valence electrons. The van der Waals surface area contributed by atoms with Gasteiger partial charge in [-0.25, -0.2) is 0 Å². The SMILES string of the molecule is O=C(CCC1CCNC1)Nc1cccc(Oc2ccccc2)c1. The average Bonchev–Trinajstić information content (AvgIpc) is 3.08. The van der Waals surface area contributed by atoms with Crippen LogP contribution in [0.25, 0.3) is 0 Å². The van der Waals surface area contributed by atoms with Gasteiger partial charge in [0.25, 0.3) is 0 Å². The van der Waals surface area contributed by atoms with E-state index in [1.807, 2.05) is 54.6 Å². The van der Waals surface area contributed by atoms with Crippen molar-refractivity contribution in [1.29, 1.82) is 0 Å². The van der Waals surface area contributed by atoms with Gasteiger partial charge in [-0.05, 0) is 56.1 Å². The van der Waals surface area contributed by atoms with Gasteiger partial charge < -0.3 is 15.4 Å². The van der Waals surface area contributed by atoms with Gasteiger partial charge >= 0.3 is 0 Å². The number of carbonyl (C=O) groups excluding carboxylic acids is 1. The first-order valence-corrected chi connectivity index (χ1v) is 8.13. The lowest BCUT2D eigenvalue weighted by molar-refractivity contribution is -0.116. The zero-order chi connectivity index (χ0) is 15.9. The number of benzene rings is 2. The molecule has 23 heavy (non-hydrogen) atoms. The first-order valence-electron chi connectivity index (χ1n) is 8.13. The fourth-order valence-electron chi connectivity index (χ4n) is 2.78. The maximum absolute atomic E-state index is 12.1. The van der Waals surface area contributed by atoms with Crippen LogP contribution in [0.4, 0.5) is 5.69 Å². The highest BCUT2D eigenvalue weighted by Crippen LogP contribution is 2.24. The molecule has 2 aromatic rings. The van der Waals surface area contributed by atoms with E-state index >= 15 is 0 Å². The van der Waals surface area contributed by atoms with E-state index in [4.69, 9.17) is 4.74 Å². The Morgan fingerprint density at radius 2 is 1.96 bits per heavy atom. The van der Waals surface area contributed by atoms with Crippen molar-refractivity contribution in [1.82, 2.24) is 5.32 Å². The number of nitrogens with one attached hydrogen (secondary N) is 2. The number of para-hydroxylation sites is 1. The van der Waals surface area contributed by atoms with E-state index < -0.39 is 0 Å². The Labute approximate surface area is 136 Å². The zero-order valence-electron chi connectivity index (χ0n) is 13.1. The zero-order valence-corrected chi connectivity index (χ0v) is 13.1. The molecule has 0 bridgehead atoms. The molecule has 4 nitrogen and oxygen atoms in total. The molecular formula is C19H22N2O2. The third-order valence-corrected chi connectivity index (χ3v) is 4.04. The van der Waals surface area contributed by atoms with Crippen LogP contribution in [0.5, 0.6) is 11.5 Å². The minimum Gasteiger partial charge on any atom is -0.457 e. The molecule has 4 heteroatoms. The molecule has 1 aliphatic rings. The summed E-state index contributed by atoms with van der Waals surface area (Å²) in [5.74, 6) is 2.20. The van der Waals surface area contributed by atoms with Gasteiger partial charge in [-0.1, -0.05) is 24.3 Å². The Morgan fingerprint density at radius 3 is 2.74 bits per heavy atom. The molecule has 0 saturated carbocycles. The minimum atomic E-state index is 0.0637. The molecule has 3 rings (SSSR count). The van der Waals surface area contributed by atoms with Crippen molar-refractivity contribution < 1.29 is 9.53 Å². The van der Waals surface area contributed by atoms with Crippen molar-refractivity contribution in [3.8, 4) is 11.5 Å². The predicted molar refractivity (Wildman–Crippen MR) is 91.8 cm³/mol. The van der Waals surface area contributed by atoms with Crippen molar-refractivity contribution in [2.75, 3.05) is 18.4 Å². The minimum absolute atomic E-state index is 0.0637. The van der Waals surface area contributed by atoms with Crippen LogP contribution in [-0.2, 0) is 4.79 Å². The van der Waals surface area contributed by atoms with Crippen molar-refractivity contribution >= 4 is 11.6 Å². The van der Waals surface area contributed by atoms with Crippen LogP contribution in [-0.4, -0.2) is 19.0 Å². The third kappa shape index (κ3) is 4.83. The monoisotopic (exact) mass is 310 g/mol. The molecule has 1 aliphatic heterocycles. The fourth-order valence-corrected chi connectivity index (χ4v) is 2.78. The van der Waals surface area contributed by atoms with Crippen molar-refractivity contribution in [2.45, 2.75) is 19.3 Å². The smallest absolute Gasteiger partial charge is 0.224 e. The second-order valence-electron chi connectivity index (χ2n) is 5.89. The second-order valence-corrected chi connectivity index (χ2v) is 5.89. The number of carbonyl (C=O) groups is 1. The van der Waals surface area contributed by atoms with E-state index in [0.29, 0.717) is 18.1 Å². The summed E-state index contributed by atoms with van der Waals surface area (Å²) in [6, 6.07) is 17.1. The molecular weight excluding hydrogens is 288 g/mol. The lowest BCUT2D eigenvalue weighted by Crippen LogP contribution is -2.15. The lowest BCUT2D eigenvalue weighted by Gasteiger charge is -2.10. The summed E-state index contributed by atoms with van der Waals surface area (Å²) in [6.07, 6.45) is 2.68. The standard InChI is InChI=1S/C19H22N2O2/c22-19(10-9-15-11-12-20-14-15)21-16-5-4-8-18(13-16)23-17-6-2-1-3-7-17/h1-8,13,15,20H,9-12,14H2,(H,21,22). The average molecular weight is 310 g/mol. The first-order chi connectivity index (χ1) is 11.3. The van der Waals surface area contributed by atoms with Crippen molar-refractivity contribution in [3.63, 3.8) is 0 Å². The Hall–Kier alpha value is -2.33. The van der Waals surface area contributed by atoms with Crippen LogP contribution in [0.3, 0.4) is 0 Å². The Bertz CT molecular complexity index is 637. The molecule has 1 fully saturated rings. The second kappa shape index (κ2) is 7.79. The normalized spacial score (nSPS) is 17.0. The summed E-state index contributed by atoms with van der Waals surface area (Å²) in [5.41, 5.74) is 0.771.